The molecule has 1 spiro atoms. The number of nitrogens with one attached hydrogen (secondary N) is 1. The van der Waals surface area contributed by atoms with Crippen LogP contribution in [0.2, 0.25) is 5.02 Å². The Morgan fingerprint density at radius 2 is 2.00 bits per heavy atom. The summed E-state index contributed by atoms with van der Waals surface area (Å²) in [4.78, 5) is 2.62. The molecular formula is C17H24BrClN2. The third-order valence-electron chi connectivity index (χ3n) is 5.18. The van der Waals surface area contributed by atoms with Crippen LogP contribution in [0, 0.1) is 0 Å². The van der Waals surface area contributed by atoms with Gasteiger partial charge < -0.3 is 5.32 Å². The van der Waals surface area contributed by atoms with Gasteiger partial charge in [0.25, 0.3) is 0 Å². The fourth-order valence-corrected chi connectivity index (χ4v) is 4.40. The highest BCUT2D eigenvalue weighted by molar-refractivity contribution is 9.10. The van der Waals surface area contributed by atoms with Gasteiger partial charge in [0.15, 0.2) is 0 Å². The molecule has 0 amide bonds. The lowest BCUT2D eigenvalue weighted by molar-refractivity contribution is 0.0217. The molecule has 0 aromatic heterocycles. The van der Waals surface area contributed by atoms with Crippen molar-refractivity contribution in [3.63, 3.8) is 0 Å². The Kier molecular flexibility index (Phi) is 4.39. The molecule has 1 aliphatic carbocycles. The Balaban J connectivity index is 1.80. The van der Waals surface area contributed by atoms with E-state index < -0.39 is 0 Å². The van der Waals surface area contributed by atoms with Gasteiger partial charge in [0.2, 0.25) is 0 Å². The van der Waals surface area contributed by atoms with Crippen molar-refractivity contribution in [3.8, 4) is 0 Å². The molecular weight excluding hydrogens is 348 g/mol. The summed E-state index contributed by atoms with van der Waals surface area (Å²) in [5.74, 6) is 0. The van der Waals surface area contributed by atoms with Crippen molar-refractivity contribution in [1.82, 2.24) is 10.2 Å². The van der Waals surface area contributed by atoms with Gasteiger partial charge in [-0.15, -0.1) is 0 Å². The first-order valence-corrected chi connectivity index (χ1v) is 9.01. The molecule has 2 nitrogen and oxygen atoms in total. The molecule has 21 heavy (non-hydrogen) atoms. The Hall–Kier alpha value is -0.0900. The van der Waals surface area contributed by atoms with Gasteiger partial charge in [0.1, 0.15) is 0 Å². The van der Waals surface area contributed by atoms with E-state index in [9.17, 15) is 0 Å². The van der Waals surface area contributed by atoms with Crippen molar-refractivity contribution < 1.29 is 0 Å². The Morgan fingerprint density at radius 1 is 1.29 bits per heavy atom. The summed E-state index contributed by atoms with van der Waals surface area (Å²) in [5, 5.41) is 4.70. The summed E-state index contributed by atoms with van der Waals surface area (Å²) in [6.45, 7) is 7.78. The average molecular weight is 372 g/mol. The second kappa shape index (κ2) is 5.84. The molecule has 3 rings (SSSR count). The molecule has 1 aliphatic heterocycles. The fourth-order valence-electron chi connectivity index (χ4n) is 3.66. The van der Waals surface area contributed by atoms with Gasteiger partial charge in [0, 0.05) is 40.2 Å². The topological polar surface area (TPSA) is 15.3 Å². The first-order valence-electron chi connectivity index (χ1n) is 7.84. The van der Waals surface area contributed by atoms with E-state index in [1.807, 2.05) is 6.07 Å². The molecule has 0 atom stereocenters. The SMILES string of the molecule is CC1(C)CNC2(CCCC2)CN1Cc1ccc(Br)cc1Cl. The maximum absolute atomic E-state index is 6.42. The van der Waals surface area contributed by atoms with Gasteiger partial charge in [-0.25, -0.2) is 0 Å². The normalized spacial score (nSPS) is 24.6. The van der Waals surface area contributed by atoms with Gasteiger partial charge in [-0.05, 0) is 44.4 Å². The molecule has 116 valence electrons. The Bertz CT molecular complexity index is 524. The van der Waals surface area contributed by atoms with E-state index in [0.29, 0.717) is 5.54 Å². The molecule has 4 heteroatoms. The minimum absolute atomic E-state index is 0.171. The number of benzene rings is 1. The third-order valence-corrected chi connectivity index (χ3v) is 6.03. The van der Waals surface area contributed by atoms with Crippen LogP contribution in [0.3, 0.4) is 0 Å². The fraction of sp³-hybridized carbons (Fsp3) is 0.647. The lowest BCUT2D eigenvalue weighted by atomic mass is 9.87. The van der Waals surface area contributed by atoms with Crippen LogP contribution in [0.5, 0.6) is 0 Å². The average Bonchev–Trinajstić information content (AvgIpc) is 2.86. The zero-order valence-corrected chi connectivity index (χ0v) is 15.2. The van der Waals surface area contributed by atoms with E-state index in [4.69, 9.17) is 11.6 Å². The summed E-state index contributed by atoms with van der Waals surface area (Å²) in [7, 11) is 0. The first-order chi connectivity index (χ1) is 9.90. The Labute approximate surface area is 141 Å². The van der Waals surface area contributed by atoms with Crippen LogP contribution in [-0.4, -0.2) is 29.1 Å². The van der Waals surface area contributed by atoms with Gasteiger partial charge in [-0.3, -0.25) is 4.90 Å². The predicted molar refractivity (Wildman–Crippen MR) is 92.8 cm³/mol. The molecule has 1 N–H and O–H groups in total. The van der Waals surface area contributed by atoms with E-state index >= 15 is 0 Å². The van der Waals surface area contributed by atoms with Crippen molar-refractivity contribution in [3.05, 3.63) is 33.3 Å². The Morgan fingerprint density at radius 3 is 2.67 bits per heavy atom. The predicted octanol–water partition coefficient (Wildman–Crippen LogP) is 4.60. The number of halogens is 2. The number of hydrogen-bond acceptors (Lipinski definition) is 2. The molecule has 2 aliphatic rings. The molecule has 1 heterocycles. The summed E-state index contributed by atoms with van der Waals surface area (Å²) >= 11 is 9.91. The highest BCUT2D eigenvalue weighted by atomic mass is 79.9. The number of piperazine rings is 1. The summed E-state index contributed by atoms with van der Waals surface area (Å²) in [6.07, 6.45) is 5.35. The van der Waals surface area contributed by atoms with Crippen LogP contribution in [0.4, 0.5) is 0 Å². The third kappa shape index (κ3) is 3.31. The maximum atomic E-state index is 6.42. The van der Waals surface area contributed by atoms with Gasteiger partial charge in [-0.2, -0.15) is 0 Å². The van der Waals surface area contributed by atoms with E-state index in [0.717, 1.165) is 29.1 Å². The summed E-state index contributed by atoms with van der Waals surface area (Å²) in [5.41, 5.74) is 1.74. The van der Waals surface area contributed by atoms with Gasteiger partial charge >= 0.3 is 0 Å². The maximum Gasteiger partial charge on any atom is 0.0462 e. The van der Waals surface area contributed by atoms with Gasteiger partial charge in [-0.1, -0.05) is 46.4 Å². The summed E-state index contributed by atoms with van der Waals surface area (Å²) < 4.78 is 1.04. The quantitative estimate of drug-likeness (QED) is 0.817. The van der Waals surface area contributed by atoms with Crippen molar-refractivity contribution in [1.29, 1.82) is 0 Å². The van der Waals surface area contributed by atoms with E-state index in [2.05, 4.69) is 52.1 Å². The van der Waals surface area contributed by atoms with Gasteiger partial charge in [0.05, 0.1) is 0 Å². The number of nitrogens with zero attached hydrogens (tertiary/aromatic N) is 1. The van der Waals surface area contributed by atoms with Crippen molar-refractivity contribution in [2.24, 2.45) is 0 Å². The molecule has 1 aromatic rings. The highest BCUT2D eigenvalue weighted by Gasteiger charge is 2.44. The molecule has 0 unspecified atom stereocenters. The largest absolute Gasteiger partial charge is 0.308 e. The van der Waals surface area contributed by atoms with Crippen molar-refractivity contribution >= 4 is 27.5 Å². The van der Waals surface area contributed by atoms with Crippen LogP contribution in [0.1, 0.15) is 45.1 Å². The van der Waals surface area contributed by atoms with Crippen LogP contribution < -0.4 is 5.32 Å². The number of hydrogen-bond donors (Lipinski definition) is 1. The standard InChI is InChI=1S/C17H24BrClN2/c1-16(2)11-20-17(7-3-4-8-17)12-21(16)10-13-5-6-14(18)9-15(13)19/h5-6,9,20H,3-4,7-8,10-12H2,1-2H3. The molecule has 1 aromatic carbocycles. The van der Waals surface area contributed by atoms with Crippen LogP contribution in [0.25, 0.3) is 0 Å². The van der Waals surface area contributed by atoms with Crippen molar-refractivity contribution in [2.75, 3.05) is 13.1 Å². The molecule has 1 saturated carbocycles. The van der Waals surface area contributed by atoms with Crippen LogP contribution in [0.15, 0.2) is 22.7 Å². The zero-order chi connectivity index (χ0) is 15.1. The summed E-state index contributed by atoms with van der Waals surface area (Å²) in [6, 6.07) is 6.23. The molecule has 0 bridgehead atoms. The second-order valence-corrected chi connectivity index (χ2v) is 8.57. The van der Waals surface area contributed by atoms with E-state index in [-0.39, 0.29) is 5.54 Å². The first kappa shape index (κ1) is 15.8. The monoisotopic (exact) mass is 370 g/mol. The zero-order valence-electron chi connectivity index (χ0n) is 12.9. The molecule has 0 radical (unpaired) electrons. The van der Waals surface area contributed by atoms with Crippen molar-refractivity contribution in [2.45, 2.75) is 57.2 Å². The lowest BCUT2D eigenvalue weighted by Gasteiger charge is -2.51. The smallest absolute Gasteiger partial charge is 0.0462 e. The second-order valence-electron chi connectivity index (χ2n) is 7.25. The molecule has 2 fully saturated rings. The van der Waals surface area contributed by atoms with Crippen LogP contribution in [-0.2, 0) is 6.54 Å². The van der Waals surface area contributed by atoms with E-state index in [1.54, 1.807) is 0 Å². The molecule has 1 saturated heterocycles. The van der Waals surface area contributed by atoms with Crippen LogP contribution >= 0.6 is 27.5 Å². The lowest BCUT2D eigenvalue weighted by Crippen LogP contribution is -2.66. The minimum Gasteiger partial charge on any atom is -0.308 e. The van der Waals surface area contributed by atoms with E-state index in [1.165, 1.54) is 31.2 Å². The number of rotatable bonds is 2. The highest BCUT2D eigenvalue weighted by Crippen LogP contribution is 2.37. The minimum atomic E-state index is 0.171.